The number of rotatable bonds is 8. The van der Waals surface area contributed by atoms with E-state index in [1.807, 2.05) is 0 Å². The number of anilines is 5. The number of carbonyl (C=O) groups is 1. The molecule has 8 nitrogen and oxygen atoms in total. The van der Waals surface area contributed by atoms with Crippen LogP contribution in [0.5, 0.6) is 0 Å². The Labute approximate surface area is 186 Å². The molecule has 0 unspecified atom stereocenters. The van der Waals surface area contributed by atoms with Gasteiger partial charge >= 0.3 is 0 Å². The van der Waals surface area contributed by atoms with Gasteiger partial charge in [0.25, 0.3) is 0 Å². The molecule has 0 amide bonds. The lowest BCUT2D eigenvalue weighted by Crippen LogP contribution is -2.25. The van der Waals surface area contributed by atoms with Gasteiger partial charge in [-0.2, -0.15) is 4.98 Å². The van der Waals surface area contributed by atoms with Crippen LogP contribution in [-0.2, 0) is 10.0 Å². The summed E-state index contributed by atoms with van der Waals surface area (Å²) in [5.41, 5.74) is 1.52. The van der Waals surface area contributed by atoms with E-state index in [4.69, 9.17) is 0 Å². The lowest BCUT2D eigenvalue weighted by molar-refractivity contribution is 0.0939. The lowest BCUT2D eigenvalue weighted by Gasteiger charge is -2.21. The van der Waals surface area contributed by atoms with Crippen LogP contribution >= 0.6 is 0 Å². The second kappa shape index (κ2) is 9.31. The number of ketones is 1. The Balaban J connectivity index is 2.05. The van der Waals surface area contributed by atoms with Crippen LogP contribution in [0.3, 0.4) is 0 Å². The topological polar surface area (TPSA) is 104 Å². The molecule has 0 radical (unpaired) electrons. The number of hydrogen-bond acceptors (Lipinski definition) is 7. The summed E-state index contributed by atoms with van der Waals surface area (Å²) in [6.07, 6.45) is 2.49. The zero-order valence-corrected chi connectivity index (χ0v) is 18.9. The number of nitrogens with one attached hydrogen (secondary N) is 2. The Morgan fingerprint density at radius 1 is 1.09 bits per heavy atom. The first-order chi connectivity index (χ1) is 15.1. The number of sulfonamides is 1. The van der Waals surface area contributed by atoms with E-state index in [0.717, 1.165) is 10.6 Å². The van der Waals surface area contributed by atoms with E-state index in [9.17, 15) is 17.6 Å². The summed E-state index contributed by atoms with van der Waals surface area (Å²) in [4.78, 5) is 21.4. The van der Waals surface area contributed by atoms with Gasteiger partial charge in [0.15, 0.2) is 5.78 Å². The molecule has 0 aliphatic heterocycles. The summed E-state index contributed by atoms with van der Waals surface area (Å²) in [6.45, 7) is 3.52. The van der Waals surface area contributed by atoms with Crippen molar-refractivity contribution in [3.8, 4) is 0 Å². The van der Waals surface area contributed by atoms with E-state index in [0.29, 0.717) is 17.1 Å². The van der Waals surface area contributed by atoms with Gasteiger partial charge in [0.1, 0.15) is 11.6 Å². The van der Waals surface area contributed by atoms with Crippen LogP contribution in [0, 0.1) is 11.7 Å². The van der Waals surface area contributed by atoms with Crippen molar-refractivity contribution in [2.24, 2.45) is 5.92 Å². The Kier molecular flexibility index (Phi) is 6.73. The Morgan fingerprint density at radius 3 is 2.47 bits per heavy atom. The monoisotopic (exact) mass is 457 g/mol. The largest absolute Gasteiger partial charge is 0.338 e. The highest BCUT2D eigenvalue weighted by Crippen LogP contribution is 2.31. The Morgan fingerprint density at radius 2 is 1.81 bits per heavy atom. The molecule has 0 fully saturated rings. The SMILES string of the molecule is CC(C)C(=O)c1cnc(Nc2cccc(F)c2)nc1Nc1ccccc1N(C)S(C)(=O)=O. The van der Waals surface area contributed by atoms with Crippen molar-refractivity contribution >= 4 is 44.6 Å². The molecule has 0 spiro atoms. The molecule has 0 saturated carbocycles. The van der Waals surface area contributed by atoms with Crippen molar-refractivity contribution < 1.29 is 17.6 Å². The fraction of sp³-hybridized carbons (Fsp3) is 0.227. The van der Waals surface area contributed by atoms with Crippen LogP contribution in [0.4, 0.5) is 33.2 Å². The molecule has 10 heteroatoms. The van der Waals surface area contributed by atoms with Crippen LogP contribution in [0.2, 0.25) is 0 Å². The van der Waals surface area contributed by atoms with Crippen LogP contribution in [0.15, 0.2) is 54.7 Å². The van der Waals surface area contributed by atoms with Gasteiger partial charge in [0, 0.05) is 24.8 Å². The van der Waals surface area contributed by atoms with Gasteiger partial charge in [-0.3, -0.25) is 9.10 Å². The lowest BCUT2D eigenvalue weighted by atomic mass is 10.0. The number of nitrogens with zero attached hydrogens (tertiary/aromatic N) is 3. The first-order valence-corrected chi connectivity index (χ1v) is 11.6. The first-order valence-electron chi connectivity index (χ1n) is 9.80. The highest BCUT2D eigenvalue weighted by atomic mass is 32.2. The van der Waals surface area contributed by atoms with Crippen molar-refractivity contribution in [3.63, 3.8) is 0 Å². The maximum Gasteiger partial charge on any atom is 0.232 e. The number of Topliss-reactive ketones (excluding diaryl/α,β-unsaturated/α-hetero) is 1. The van der Waals surface area contributed by atoms with Gasteiger partial charge < -0.3 is 10.6 Å². The van der Waals surface area contributed by atoms with Crippen molar-refractivity contribution in [3.05, 3.63) is 66.1 Å². The van der Waals surface area contributed by atoms with Crippen molar-refractivity contribution in [1.82, 2.24) is 9.97 Å². The smallest absolute Gasteiger partial charge is 0.232 e. The molecule has 168 valence electrons. The maximum atomic E-state index is 13.5. The van der Waals surface area contributed by atoms with Crippen molar-refractivity contribution in [2.75, 3.05) is 28.2 Å². The van der Waals surface area contributed by atoms with E-state index < -0.39 is 15.8 Å². The summed E-state index contributed by atoms with van der Waals surface area (Å²) in [5.74, 6) is -0.564. The predicted octanol–water partition coefficient (Wildman–Crippen LogP) is 4.34. The van der Waals surface area contributed by atoms with Gasteiger partial charge in [-0.1, -0.05) is 32.0 Å². The van der Waals surface area contributed by atoms with Gasteiger partial charge in [-0.25, -0.2) is 17.8 Å². The fourth-order valence-electron chi connectivity index (χ4n) is 2.88. The number of hydrogen-bond donors (Lipinski definition) is 2. The Hall–Kier alpha value is -3.53. The average molecular weight is 458 g/mol. The minimum Gasteiger partial charge on any atom is -0.338 e. The van der Waals surface area contributed by atoms with Crippen LogP contribution in [0.25, 0.3) is 0 Å². The summed E-state index contributed by atoms with van der Waals surface area (Å²) in [6, 6.07) is 12.6. The highest BCUT2D eigenvalue weighted by molar-refractivity contribution is 7.92. The first kappa shape index (κ1) is 23.1. The van der Waals surface area contributed by atoms with Gasteiger partial charge in [-0.15, -0.1) is 0 Å². The molecule has 1 aromatic heterocycles. The minimum atomic E-state index is -3.52. The van der Waals surface area contributed by atoms with E-state index in [2.05, 4.69) is 20.6 Å². The van der Waals surface area contributed by atoms with Gasteiger partial charge in [0.05, 0.1) is 23.2 Å². The van der Waals surface area contributed by atoms with Crippen LogP contribution in [0.1, 0.15) is 24.2 Å². The standard InChI is InChI=1S/C22H24FN5O3S/c1-14(2)20(29)17-13-24-22(25-16-9-7-8-15(23)12-16)27-21(17)26-18-10-5-6-11-19(18)28(3)32(4,30)31/h5-14H,1-4H3,(H2,24,25,26,27). The normalized spacial score (nSPS) is 11.3. The number of benzene rings is 2. The molecular weight excluding hydrogens is 433 g/mol. The van der Waals surface area contributed by atoms with Crippen LogP contribution in [-0.4, -0.2) is 37.5 Å². The third-order valence-electron chi connectivity index (χ3n) is 4.65. The maximum absolute atomic E-state index is 13.5. The molecule has 0 atom stereocenters. The Bertz CT molecular complexity index is 1250. The molecule has 2 N–H and O–H groups in total. The highest BCUT2D eigenvalue weighted by Gasteiger charge is 2.21. The van der Waals surface area contributed by atoms with Crippen molar-refractivity contribution in [1.29, 1.82) is 0 Å². The molecule has 3 aromatic rings. The molecule has 0 aliphatic carbocycles. The molecular formula is C22H24FN5O3S. The van der Waals surface area contributed by atoms with E-state index in [-0.39, 0.29) is 29.0 Å². The number of halogens is 1. The molecule has 1 heterocycles. The molecule has 2 aromatic carbocycles. The minimum absolute atomic E-state index is 0.146. The van der Waals surface area contributed by atoms with Crippen LogP contribution < -0.4 is 14.9 Å². The van der Waals surface area contributed by atoms with Crippen molar-refractivity contribution in [2.45, 2.75) is 13.8 Å². The molecule has 0 saturated heterocycles. The molecule has 0 aliphatic rings. The zero-order valence-electron chi connectivity index (χ0n) is 18.1. The molecule has 0 bridgehead atoms. The second-order valence-electron chi connectivity index (χ2n) is 7.48. The third-order valence-corrected chi connectivity index (χ3v) is 5.84. The second-order valence-corrected chi connectivity index (χ2v) is 9.50. The van der Waals surface area contributed by atoms with E-state index >= 15 is 0 Å². The zero-order chi connectivity index (χ0) is 23.5. The van der Waals surface area contributed by atoms with Gasteiger partial charge in [0.2, 0.25) is 16.0 Å². The molecule has 32 heavy (non-hydrogen) atoms. The number of carbonyl (C=O) groups excluding carboxylic acids is 1. The predicted molar refractivity (Wildman–Crippen MR) is 124 cm³/mol. The number of aromatic nitrogens is 2. The summed E-state index contributed by atoms with van der Waals surface area (Å²) in [5, 5.41) is 5.98. The fourth-order valence-corrected chi connectivity index (χ4v) is 3.40. The third kappa shape index (κ3) is 5.38. The molecule has 3 rings (SSSR count). The van der Waals surface area contributed by atoms with E-state index in [1.54, 1.807) is 50.2 Å². The summed E-state index contributed by atoms with van der Waals surface area (Å²) < 4.78 is 38.8. The van der Waals surface area contributed by atoms with Gasteiger partial charge in [-0.05, 0) is 30.3 Å². The van der Waals surface area contributed by atoms with E-state index in [1.165, 1.54) is 25.4 Å². The average Bonchev–Trinajstić information content (AvgIpc) is 2.73. The quantitative estimate of drug-likeness (QED) is 0.485. The summed E-state index contributed by atoms with van der Waals surface area (Å²) >= 11 is 0. The number of para-hydroxylation sites is 2. The summed E-state index contributed by atoms with van der Waals surface area (Å²) in [7, 11) is -2.08.